The van der Waals surface area contributed by atoms with Gasteiger partial charge in [0, 0.05) is 5.92 Å². The third-order valence-electron chi connectivity index (χ3n) is 3.52. The van der Waals surface area contributed by atoms with Crippen molar-refractivity contribution in [2.45, 2.75) is 52.5 Å². The van der Waals surface area contributed by atoms with Crippen LogP contribution in [0.5, 0.6) is 0 Å². The van der Waals surface area contributed by atoms with E-state index in [1.165, 1.54) is 0 Å². The van der Waals surface area contributed by atoms with E-state index in [9.17, 15) is 9.59 Å². The highest BCUT2D eigenvalue weighted by atomic mass is 16.4. The first-order valence-electron chi connectivity index (χ1n) is 6.45. The van der Waals surface area contributed by atoms with Crippen molar-refractivity contribution < 1.29 is 14.7 Å². The highest BCUT2D eigenvalue weighted by Gasteiger charge is 2.32. The summed E-state index contributed by atoms with van der Waals surface area (Å²) >= 11 is 0. The van der Waals surface area contributed by atoms with Gasteiger partial charge in [-0.15, -0.1) is 0 Å². The lowest BCUT2D eigenvalue weighted by Gasteiger charge is -2.20. The Morgan fingerprint density at radius 2 is 2.00 bits per heavy atom. The molecule has 1 amide bonds. The summed E-state index contributed by atoms with van der Waals surface area (Å²) in [6, 6.07) is -0.740. The topological polar surface area (TPSA) is 66.4 Å². The maximum absolute atomic E-state index is 12.0. The van der Waals surface area contributed by atoms with Gasteiger partial charge in [0.1, 0.15) is 6.04 Å². The van der Waals surface area contributed by atoms with Crippen molar-refractivity contribution in [3.63, 3.8) is 0 Å². The summed E-state index contributed by atoms with van der Waals surface area (Å²) in [5.74, 6) is -0.370. The van der Waals surface area contributed by atoms with Gasteiger partial charge in [0.05, 0.1) is 0 Å². The fourth-order valence-electron chi connectivity index (χ4n) is 2.51. The van der Waals surface area contributed by atoms with Crippen LogP contribution in [0, 0.1) is 17.8 Å². The molecule has 0 aliphatic heterocycles. The highest BCUT2D eigenvalue weighted by Crippen LogP contribution is 2.31. The van der Waals surface area contributed by atoms with Crippen molar-refractivity contribution >= 4 is 11.9 Å². The highest BCUT2D eigenvalue weighted by molar-refractivity contribution is 5.85. The molecule has 0 saturated heterocycles. The zero-order valence-corrected chi connectivity index (χ0v) is 10.9. The fraction of sp³-hybridized carbons (Fsp3) is 0.846. The van der Waals surface area contributed by atoms with Gasteiger partial charge in [-0.05, 0) is 31.1 Å². The average Bonchev–Trinajstić information content (AvgIpc) is 2.62. The number of carbonyl (C=O) groups excluding carboxylic acids is 1. The molecule has 98 valence electrons. The number of aliphatic carboxylic acids is 1. The van der Waals surface area contributed by atoms with Crippen molar-refractivity contribution in [1.29, 1.82) is 0 Å². The SMILES string of the molecule is CC(C)C[C@H](NC(=O)C1CCCC1C)C(=O)O. The minimum Gasteiger partial charge on any atom is -0.480 e. The van der Waals surface area contributed by atoms with Gasteiger partial charge in [-0.1, -0.05) is 27.2 Å². The summed E-state index contributed by atoms with van der Waals surface area (Å²) in [6.07, 6.45) is 3.52. The molecule has 0 heterocycles. The Morgan fingerprint density at radius 3 is 2.41 bits per heavy atom. The summed E-state index contributed by atoms with van der Waals surface area (Å²) < 4.78 is 0. The molecule has 1 aliphatic carbocycles. The number of rotatable bonds is 5. The Labute approximate surface area is 103 Å². The normalized spacial score (nSPS) is 25.9. The Bertz CT molecular complexity index is 288. The Hall–Kier alpha value is -1.06. The molecule has 17 heavy (non-hydrogen) atoms. The summed E-state index contributed by atoms with van der Waals surface area (Å²) in [7, 11) is 0. The first kappa shape index (κ1) is 14.0. The van der Waals surface area contributed by atoms with Crippen LogP contribution in [0.1, 0.15) is 46.5 Å². The quantitative estimate of drug-likeness (QED) is 0.774. The number of hydrogen-bond acceptors (Lipinski definition) is 2. The lowest BCUT2D eigenvalue weighted by atomic mass is 9.96. The average molecular weight is 241 g/mol. The van der Waals surface area contributed by atoms with Crippen LogP contribution < -0.4 is 5.32 Å². The van der Waals surface area contributed by atoms with Crippen LogP contribution in [-0.4, -0.2) is 23.0 Å². The molecule has 4 heteroatoms. The molecule has 1 aliphatic rings. The van der Waals surface area contributed by atoms with Gasteiger partial charge in [0.25, 0.3) is 0 Å². The summed E-state index contributed by atoms with van der Waals surface area (Å²) in [5, 5.41) is 11.7. The van der Waals surface area contributed by atoms with Gasteiger partial charge < -0.3 is 10.4 Å². The van der Waals surface area contributed by atoms with Crippen LogP contribution >= 0.6 is 0 Å². The molecular formula is C13H23NO3. The van der Waals surface area contributed by atoms with Crippen molar-refractivity contribution in [3.8, 4) is 0 Å². The van der Waals surface area contributed by atoms with Crippen LogP contribution in [-0.2, 0) is 9.59 Å². The van der Waals surface area contributed by atoms with Gasteiger partial charge in [0.2, 0.25) is 5.91 Å². The molecule has 0 spiro atoms. The second kappa shape index (κ2) is 6.03. The molecule has 3 atom stereocenters. The molecular weight excluding hydrogens is 218 g/mol. The molecule has 2 N–H and O–H groups in total. The van der Waals surface area contributed by atoms with E-state index in [1.807, 2.05) is 13.8 Å². The predicted octanol–water partition coefficient (Wildman–Crippen LogP) is 2.04. The first-order valence-corrected chi connectivity index (χ1v) is 6.45. The van der Waals surface area contributed by atoms with E-state index in [1.54, 1.807) is 0 Å². The minimum absolute atomic E-state index is 0.00372. The van der Waals surface area contributed by atoms with Gasteiger partial charge in [-0.25, -0.2) is 4.79 Å². The molecule has 2 unspecified atom stereocenters. The van der Waals surface area contributed by atoms with Crippen LogP contribution in [0.4, 0.5) is 0 Å². The maximum atomic E-state index is 12.0. The van der Waals surface area contributed by atoms with E-state index in [0.717, 1.165) is 19.3 Å². The second-order valence-corrected chi connectivity index (χ2v) is 5.54. The molecule has 0 aromatic carbocycles. The lowest BCUT2D eigenvalue weighted by Crippen LogP contribution is -2.44. The Morgan fingerprint density at radius 1 is 1.35 bits per heavy atom. The van der Waals surface area contributed by atoms with E-state index in [4.69, 9.17) is 5.11 Å². The minimum atomic E-state index is -0.933. The van der Waals surface area contributed by atoms with Crippen molar-refractivity contribution in [2.75, 3.05) is 0 Å². The third-order valence-corrected chi connectivity index (χ3v) is 3.52. The number of carboxylic acids is 1. The zero-order valence-electron chi connectivity index (χ0n) is 10.9. The molecule has 1 fully saturated rings. The lowest BCUT2D eigenvalue weighted by molar-refractivity contribution is -0.143. The number of hydrogen-bond donors (Lipinski definition) is 2. The summed E-state index contributed by atoms with van der Waals surface area (Å²) in [5.41, 5.74) is 0. The molecule has 0 aromatic heterocycles. The van der Waals surface area contributed by atoms with Crippen molar-refractivity contribution in [3.05, 3.63) is 0 Å². The number of amides is 1. The molecule has 0 radical (unpaired) electrons. The molecule has 1 rings (SSSR count). The van der Waals surface area contributed by atoms with E-state index in [2.05, 4.69) is 12.2 Å². The Kier molecular flexibility index (Phi) is 4.97. The Balaban J connectivity index is 2.54. The van der Waals surface area contributed by atoms with E-state index in [0.29, 0.717) is 12.3 Å². The van der Waals surface area contributed by atoms with Crippen LogP contribution in [0.3, 0.4) is 0 Å². The van der Waals surface area contributed by atoms with Crippen molar-refractivity contribution in [2.24, 2.45) is 17.8 Å². The number of carbonyl (C=O) groups is 2. The summed E-state index contributed by atoms with van der Waals surface area (Å²) in [4.78, 5) is 23.0. The molecule has 1 saturated carbocycles. The van der Waals surface area contributed by atoms with Gasteiger partial charge in [0.15, 0.2) is 0 Å². The molecule has 0 bridgehead atoms. The van der Waals surface area contributed by atoms with Crippen molar-refractivity contribution in [1.82, 2.24) is 5.32 Å². The van der Waals surface area contributed by atoms with Gasteiger partial charge >= 0.3 is 5.97 Å². The summed E-state index contributed by atoms with van der Waals surface area (Å²) in [6.45, 7) is 5.98. The van der Waals surface area contributed by atoms with Gasteiger partial charge in [-0.2, -0.15) is 0 Å². The smallest absolute Gasteiger partial charge is 0.326 e. The van der Waals surface area contributed by atoms with Gasteiger partial charge in [-0.3, -0.25) is 4.79 Å². The van der Waals surface area contributed by atoms with E-state index >= 15 is 0 Å². The third kappa shape index (κ3) is 4.02. The number of nitrogens with one attached hydrogen (secondary N) is 1. The molecule has 0 aromatic rings. The number of carboxylic acid groups (broad SMARTS) is 1. The largest absolute Gasteiger partial charge is 0.480 e. The van der Waals surface area contributed by atoms with E-state index in [-0.39, 0.29) is 17.7 Å². The maximum Gasteiger partial charge on any atom is 0.326 e. The molecule has 4 nitrogen and oxygen atoms in total. The van der Waals surface area contributed by atoms with Crippen LogP contribution in [0.2, 0.25) is 0 Å². The van der Waals surface area contributed by atoms with Crippen LogP contribution in [0.15, 0.2) is 0 Å². The van der Waals surface area contributed by atoms with Crippen LogP contribution in [0.25, 0.3) is 0 Å². The second-order valence-electron chi connectivity index (χ2n) is 5.54. The van der Waals surface area contributed by atoms with E-state index < -0.39 is 12.0 Å². The fourth-order valence-corrected chi connectivity index (χ4v) is 2.51. The first-order chi connectivity index (χ1) is 7.91. The standard InChI is InChI=1S/C13H23NO3/c1-8(2)7-11(13(16)17)14-12(15)10-6-4-5-9(10)3/h8-11H,4-7H2,1-3H3,(H,14,15)(H,16,17)/t9?,10?,11-/m0/s1. The zero-order chi connectivity index (χ0) is 13.0. The monoisotopic (exact) mass is 241 g/mol. The predicted molar refractivity (Wildman–Crippen MR) is 65.5 cm³/mol.